The van der Waals surface area contributed by atoms with Crippen LogP contribution in [0.4, 0.5) is 0 Å². The zero-order valence-corrected chi connectivity index (χ0v) is 13.3. The first-order chi connectivity index (χ1) is 9.63. The Labute approximate surface area is 127 Å². The van der Waals surface area contributed by atoms with Crippen molar-refractivity contribution in [2.24, 2.45) is 0 Å². The molecule has 0 fully saturated rings. The molecule has 1 heterocycles. The van der Waals surface area contributed by atoms with Gasteiger partial charge in [0.1, 0.15) is 0 Å². The summed E-state index contributed by atoms with van der Waals surface area (Å²) >= 11 is 3.37. The van der Waals surface area contributed by atoms with Gasteiger partial charge in [0.2, 0.25) is 0 Å². The Balaban J connectivity index is 2.08. The van der Waals surface area contributed by atoms with Crippen molar-refractivity contribution in [3.05, 3.63) is 52.3 Å². The molecule has 20 heavy (non-hydrogen) atoms. The highest BCUT2D eigenvalue weighted by molar-refractivity contribution is 9.10. The number of amides is 1. The summed E-state index contributed by atoms with van der Waals surface area (Å²) in [6, 6.07) is 7.72. The molecular weight excluding hydrogens is 318 g/mol. The summed E-state index contributed by atoms with van der Waals surface area (Å²) in [6.07, 6.45) is 3.69. The molecule has 106 valence electrons. The Morgan fingerprint density at radius 1 is 1.25 bits per heavy atom. The van der Waals surface area contributed by atoms with Crippen molar-refractivity contribution in [1.82, 2.24) is 14.7 Å². The molecule has 0 aliphatic heterocycles. The van der Waals surface area contributed by atoms with Crippen LogP contribution in [-0.2, 0) is 6.54 Å². The van der Waals surface area contributed by atoms with E-state index in [2.05, 4.69) is 21.0 Å². The minimum Gasteiger partial charge on any atom is -0.339 e. The lowest BCUT2D eigenvalue weighted by Gasteiger charge is -2.18. The maximum Gasteiger partial charge on any atom is 0.253 e. The molecule has 0 spiro atoms. The van der Waals surface area contributed by atoms with Crippen LogP contribution < -0.4 is 0 Å². The SMILES string of the molecule is CCN(CC)C(=O)c1ccc(Cn2cc(Br)cn2)cc1. The lowest BCUT2D eigenvalue weighted by Crippen LogP contribution is -2.30. The molecule has 0 saturated carbocycles. The molecule has 5 heteroatoms. The standard InChI is InChI=1S/C15H18BrN3O/c1-3-18(4-2)15(20)13-7-5-12(6-8-13)10-19-11-14(16)9-17-19/h5-9,11H,3-4,10H2,1-2H3. The van der Waals surface area contributed by atoms with Crippen molar-refractivity contribution < 1.29 is 4.79 Å². The second kappa shape index (κ2) is 6.70. The van der Waals surface area contributed by atoms with Gasteiger partial charge in [-0.05, 0) is 47.5 Å². The normalized spacial score (nSPS) is 10.6. The van der Waals surface area contributed by atoms with Crippen molar-refractivity contribution in [2.75, 3.05) is 13.1 Å². The molecule has 0 radical (unpaired) electrons. The van der Waals surface area contributed by atoms with Gasteiger partial charge in [-0.2, -0.15) is 5.10 Å². The first-order valence-corrected chi connectivity index (χ1v) is 7.49. The molecule has 0 unspecified atom stereocenters. The number of carbonyl (C=O) groups is 1. The van der Waals surface area contributed by atoms with Crippen molar-refractivity contribution in [2.45, 2.75) is 20.4 Å². The smallest absolute Gasteiger partial charge is 0.253 e. The van der Waals surface area contributed by atoms with E-state index in [-0.39, 0.29) is 5.91 Å². The van der Waals surface area contributed by atoms with Gasteiger partial charge in [0.15, 0.2) is 0 Å². The molecule has 0 N–H and O–H groups in total. The van der Waals surface area contributed by atoms with Gasteiger partial charge in [-0.1, -0.05) is 12.1 Å². The van der Waals surface area contributed by atoms with Gasteiger partial charge in [-0.3, -0.25) is 9.48 Å². The molecule has 0 aliphatic carbocycles. The molecule has 2 aromatic rings. The number of nitrogens with zero attached hydrogens (tertiary/aromatic N) is 3. The summed E-state index contributed by atoms with van der Waals surface area (Å²) < 4.78 is 2.82. The highest BCUT2D eigenvalue weighted by atomic mass is 79.9. The molecule has 0 aliphatic rings. The van der Waals surface area contributed by atoms with E-state index < -0.39 is 0 Å². The first-order valence-electron chi connectivity index (χ1n) is 6.70. The zero-order valence-electron chi connectivity index (χ0n) is 11.7. The van der Waals surface area contributed by atoms with E-state index in [4.69, 9.17) is 0 Å². The van der Waals surface area contributed by atoms with Crippen molar-refractivity contribution in [3.63, 3.8) is 0 Å². The van der Waals surface area contributed by atoms with E-state index in [1.54, 1.807) is 6.20 Å². The molecule has 4 nitrogen and oxygen atoms in total. The van der Waals surface area contributed by atoms with Gasteiger partial charge in [0.05, 0.1) is 17.2 Å². The van der Waals surface area contributed by atoms with E-state index in [0.717, 1.165) is 28.7 Å². The summed E-state index contributed by atoms with van der Waals surface area (Å²) in [7, 11) is 0. The van der Waals surface area contributed by atoms with Crippen LogP contribution in [0.25, 0.3) is 0 Å². The molecule has 0 atom stereocenters. The molecule has 1 aromatic heterocycles. The van der Waals surface area contributed by atoms with Gasteiger partial charge in [0.25, 0.3) is 5.91 Å². The third-order valence-corrected chi connectivity index (χ3v) is 3.61. The molecular formula is C15H18BrN3O. The Morgan fingerprint density at radius 2 is 1.90 bits per heavy atom. The van der Waals surface area contributed by atoms with Crippen LogP contribution in [-0.4, -0.2) is 33.7 Å². The van der Waals surface area contributed by atoms with Crippen LogP contribution in [0.2, 0.25) is 0 Å². The predicted molar refractivity (Wildman–Crippen MR) is 82.7 cm³/mol. The fourth-order valence-electron chi connectivity index (χ4n) is 2.06. The quantitative estimate of drug-likeness (QED) is 0.841. The van der Waals surface area contributed by atoms with E-state index in [1.165, 1.54) is 0 Å². The third kappa shape index (κ3) is 3.48. The second-order valence-corrected chi connectivity index (χ2v) is 5.45. The van der Waals surface area contributed by atoms with E-state index in [9.17, 15) is 4.79 Å². The Hall–Kier alpha value is -1.62. The largest absolute Gasteiger partial charge is 0.339 e. The van der Waals surface area contributed by atoms with E-state index in [0.29, 0.717) is 6.54 Å². The van der Waals surface area contributed by atoms with E-state index >= 15 is 0 Å². The van der Waals surface area contributed by atoms with Gasteiger partial charge >= 0.3 is 0 Å². The summed E-state index contributed by atoms with van der Waals surface area (Å²) in [5, 5.41) is 4.22. The van der Waals surface area contributed by atoms with Crippen molar-refractivity contribution in [1.29, 1.82) is 0 Å². The highest BCUT2D eigenvalue weighted by Gasteiger charge is 2.11. The molecule has 0 saturated heterocycles. The Morgan fingerprint density at radius 3 is 2.40 bits per heavy atom. The Bertz CT molecular complexity index is 573. The predicted octanol–water partition coefficient (Wildman–Crippen LogP) is 3.18. The van der Waals surface area contributed by atoms with Crippen LogP contribution in [0.15, 0.2) is 41.1 Å². The van der Waals surface area contributed by atoms with Gasteiger partial charge < -0.3 is 4.90 Å². The number of benzene rings is 1. The number of halogens is 1. The number of hydrogen-bond acceptors (Lipinski definition) is 2. The lowest BCUT2D eigenvalue weighted by atomic mass is 10.1. The highest BCUT2D eigenvalue weighted by Crippen LogP contribution is 2.11. The summed E-state index contributed by atoms with van der Waals surface area (Å²) in [6.45, 7) is 6.15. The minimum atomic E-state index is 0.0865. The second-order valence-electron chi connectivity index (χ2n) is 4.53. The fourth-order valence-corrected chi connectivity index (χ4v) is 2.39. The van der Waals surface area contributed by atoms with Crippen LogP contribution in [0.3, 0.4) is 0 Å². The molecule has 1 amide bonds. The number of hydrogen-bond donors (Lipinski definition) is 0. The van der Waals surface area contributed by atoms with E-state index in [1.807, 2.05) is 53.9 Å². The van der Waals surface area contributed by atoms with Crippen molar-refractivity contribution in [3.8, 4) is 0 Å². The maximum absolute atomic E-state index is 12.2. The average molecular weight is 336 g/mol. The Kier molecular flexibility index (Phi) is 4.95. The monoisotopic (exact) mass is 335 g/mol. The number of aromatic nitrogens is 2. The molecule has 0 bridgehead atoms. The topological polar surface area (TPSA) is 38.1 Å². The summed E-state index contributed by atoms with van der Waals surface area (Å²) in [5.41, 5.74) is 1.86. The summed E-state index contributed by atoms with van der Waals surface area (Å²) in [4.78, 5) is 14.0. The summed E-state index contributed by atoms with van der Waals surface area (Å²) in [5.74, 6) is 0.0865. The third-order valence-electron chi connectivity index (χ3n) is 3.20. The van der Waals surface area contributed by atoms with Crippen molar-refractivity contribution >= 4 is 21.8 Å². The van der Waals surface area contributed by atoms with Crippen LogP contribution in [0.5, 0.6) is 0 Å². The van der Waals surface area contributed by atoms with Gasteiger partial charge in [0, 0.05) is 24.8 Å². The maximum atomic E-state index is 12.2. The molecule has 2 rings (SSSR count). The minimum absolute atomic E-state index is 0.0865. The average Bonchev–Trinajstić information content (AvgIpc) is 2.86. The zero-order chi connectivity index (χ0) is 14.5. The lowest BCUT2D eigenvalue weighted by molar-refractivity contribution is 0.0773. The first kappa shape index (κ1) is 14.8. The molecule has 1 aromatic carbocycles. The van der Waals surface area contributed by atoms with Gasteiger partial charge in [-0.15, -0.1) is 0 Å². The number of carbonyl (C=O) groups excluding carboxylic acids is 1. The van der Waals surface area contributed by atoms with Crippen LogP contribution in [0.1, 0.15) is 29.8 Å². The fraction of sp³-hybridized carbons (Fsp3) is 0.333. The van der Waals surface area contributed by atoms with Crippen LogP contribution >= 0.6 is 15.9 Å². The number of rotatable bonds is 5. The van der Waals surface area contributed by atoms with Crippen LogP contribution in [0, 0.1) is 0 Å². The van der Waals surface area contributed by atoms with Gasteiger partial charge in [-0.25, -0.2) is 0 Å².